The molecule has 3 nitrogen and oxygen atoms in total. The van der Waals surface area contributed by atoms with Gasteiger partial charge in [0.05, 0.1) is 4.90 Å². The summed E-state index contributed by atoms with van der Waals surface area (Å²) in [5.74, 6) is 0. The molecule has 0 unspecified atom stereocenters. The van der Waals surface area contributed by atoms with E-state index in [0.717, 1.165) is 3.57 Å². The van der Waals surface area contributed by atoms with E-state index in [2.05, 4.69) is 27.3 Å². The Morgan fingerprint density at radius 1 is 1.27 bits per heavy atom. The van der Waals surface area contributed by atoms with Gasteiger partial charge >= 0.3 is 0 Å². The molecule has 0 atom stereocenters. The van der Waals surface area contributed by atoms with E-state index in [4.69, 9.17) is 0 Å². The van der Waals surface area contributed by atoms with Crippen LogP contribution in [0.3, 0.4) is 0 Å². The molecule has 1 aromatic rings. The standard InChI is InChI=1S/C10H14INO2S/c1-10(2,3)12-15(13,14)9-6-4-5-8(11)7-9/h4-7,12H,1-3H3. The van der Waals surface area contributed by atoms with Crippen molar-refractivity contribution in [3.8, 4) is 0 Å². The van der Waals surface area contributed by atoms with Crippen LogP contribution in [0, 0.1) is 3.57 Å². The first-order valence-corrected chi connectivity index (χ1v) is 7.06. The molecule has 0 heterocycles. The van der Waals surface area contributed by atoms with Crippen molar-refractivity contribution in [1.82, 2.24) is 4.72 Å². The molecule has 1 N–H and O–H groups in total. The van der Waals surface area contributed by atoms with E-state index in [1.165, 1.54) is 0 Å². The lowest BCUT2D eigenvalue weighted by Crippen LogP contribution is -2.40. The predicted octanol–water partition coefficient (Wildman–Crippen LogP) is 2.37. The average molecular weight is 339 g/mol. The van der Waals surface area contributed by atoms with Crippen LogP contribution in [0.25, 0.3) is 0 Å². The summed E-state index contributed by atoms with van der Waals surface area (Å²) in [5, 5.41) is 0. The molecule has 1 aromatic carbocycles. The van der Waals surface area contributed by atoms with Crippen LogP contribution in [0.5, 0.6) is 0 Å². The number of benzene rings is 1. The van der Waals surface area contributed by atoms with Gasteiger partial charge in [-0.1, -0.05) is 6.07 Å². The number of sulfonamides is 1. The Kier molecular flexibility index (Phi) is 3.78. The third-order valence-corrected chi connectivity index (χ3v) is 3.97. The van der Waals surface area contributed by atoms with Crippen molar-refractivity contribution in [3.63, 3.8) is 0 Å². The van der Waals surface area contributed by atoms with Crippen LogP contribution in [0.1, 0.15) is 20.8 Å². The van der Waals surface area contributed by atoms with Crippen LogP contribution in [0.4, 0.5) is 0 Å². The average Bonchev–Trinajstić information content (AvgIpc) is 1.99. The monoisotopic (exact) mass is 339 g/mol. The molecule has 0 radical (unpaired) electrons. The lowest BCUT2D eigenvalue weighted by atomic mass is 10.1. The minimum atomic E-state index is -3.40. The normalized spacial score (nSPS) is 12.8. The Balaban J connectivity index is 3.07. The fraction of sp³-hybridized carbons (Fsp3) is 0.400. The van der Waals surface area contributed by atoms with Crippen LogP contribution in [0.15, 0.2) is 29.2 Å². The van der Waals surface area contributed by atoms with E-state index in [9.17, 15) is 8.42 Å². The molecule has 0 aliphatic rings. The Hall–Kier alpha value is -0.140. The maximum atomic E-state index is 11.9. The van der Waals surface area contributed by atoms with Gasteiger partial charge in [-0.3, -0.25) is 0 Å². The molecule has 0 amide bonds. The maximum absolute atomic E-state index is 11.9. The van der Waals surface area contributed by atoms with Crippen molar-refractivity contribution in [2.24, 2.45) is 0 Å². The van der Waals surface area contributed by atoms with E-state index >= 15 is 0 Å². The lowest BCUT2D eigenvalue weighted by molar-refractivity contribution is 0.491. The van der Waals surface area contributed by atoms with E-state index < -0.39 is 15.6 Å². The summed E-state index contributed by atoms with van der Waals surface area (Å²) in [4.78, 5) is 0.310. The molecular weight excluding hydrogens is 325 g/mol. The third kappa shape index (κ3) is 4.08. The fourth-order valence-corrected chi connectivity index (χ4v) is 3.31. The zero-order valence-corrected chi connectivity index (χ0v) is 11.9. The SMILES string of the molecule is CC(C)(C)NS(=O)(=O)c1cccc(I)c1. The lowest BCUT2D eigenvalue weighted by Gasteiger charge is -2.20. The molecule has 0 bridgehead atoms. The zero-order valence-electron chi connectivity index (χ0n) is 8.91. The van der Waals surface area contributed by atoms with Crippen LogP contribution >= 0.6 is 22.6 Å². The fourth-order valence-electron chi connectivity index (χ4n) is 1.10. The Bertz CT molecular complexity index is 449. The topological polar surface area (TPSA) is 46.2 Å². The van der Waals surface area contributed by atoms with Gasteiger partial charge in [0.1, 0.15) is 0 Å². The molecule has 1 rings (SSSR count). The number of nitrogens with one attached hydrogen (secondary N) is 1. The van der Waals surface area contributed by atoms with Crippen molar-refractivity contribution < 1.29 is 8.42 Å². The smallest absolute Gasteiger partial charge is 0.207 e. The molecule has 0 saturated carbocycles. The van der Waals surface area contributed by atoms with Gasteiger partial charge in [-0.2, -0.15) is 0 Å². The van der Waals surface area contributed by atoms with Gasteiger partial charge in [0.15, 0.2) is 0 Å². The molecule has 0 saturated heterocycles. The summed E-state index contributed by atoms with van der Waals surface area (Å²) in [6, 6.07) is 6.83. The Labute approximate surface area is 104 Å². The third-order valence-electron chi connectivity index (χ3n) is 1.55. The molecule has 84 valence electrons. The molecule has 15 heavy (non-hydrogen) atoms. The largest absolute Gasteiger partial charge is 0.241 e. The van der Waals surface area contributed by atoms with Crippen molar-refractivity contribution in [2.45, 2.75) is 31.2 Å². The summed E-state index contributed by atoms with van der Waals surface area (Å²) in [6.45, 7) is 5.45. The quantitative estimate of drug-likeness (QED) is 0.841. The zero-order chi connectivity index (χ0) is 11.7. The second-order valence-corrected chi connectivity index (χ2v) is 7.24. The van der Waals surface area contributed by atoms with Crippen molar-refractivity contribution >= 4 is 32.6 Å². The summed E-state index contributed by atoms with van der Waals surface area (Å²) in [5.41, 5.74) is -0.458. The van der Waals surface area contributed by atoms with Gasteiger partial charge in [0, 0.05) is 9.11 Å². The van der Waals surface area contributed by atoms with Crippen molar-refractivity contribution in [1.29, 1.82) is 0 Å². The van der Waals surface area contributed by atoms with Crippen molar-refractivity contribution in [3.05, 3.63) is 27.8 Å². The van der Waals surface area contributed by atoms with E-state index in [-0.39, 0.29) is 0 Å². The minimum Gasteiger partial charge on any atom is -0.207 e. The number of hydrogen-bond donors (Lipinski definition) is 1. The van der Waals surface area contributed by atoms with Crippen molar-refractivity contribution in [2.75, 3.05) is 0 Å². The molecule has 5 heteroatoms. The minimum absolute atomic E-state index is 0.310. The first kappa shape index (κ1) is 12.9. The van der Waals surface area contributed by atoms with Gasteiger partial charge in [-0.25, -0.2) is 13.1 Å². The second kappa shape index (κ2) is 4.39. The Morgan fingerprint density at radius 3 is 2.33 bits per heavy atom. The van der Waals surface area contributed by atoms with Crippen LogP contribution in [-0.2, 0) is 10.0 Å². The maximum Gasteiger partial charge on any atom is 0.241 e. The molecule has 0 aromatic heterocycles. The number of hydrogen-bond acceptors (Lipinski definition) is 2. The van der Waals surface area contributed by atoms with Crippen LogP contribution in [0.2, 0.25) is 0 Å². The summed E-state index contributed by atoms with van der Waals surface area (Å²) >= 11 is 2.09. The summed E-state index contributed by atoms with van der Waals surface area (Å²) in [7, 11) is -3.40. The van der Waals surface area contributed by atoms with Gasteiger partial charge in [0.25, 0.3) is 0 Å². The molecule has 0 aliphatic carbocycles. The van der Waals surface area contributed by atoms with Gasteiger partial charge in [-0.05, 0) is 61.6 Å². The molecule has 0 spiro atoms. The second-order valence-electron chi connectivity index (χ2n) is 4.31. The van der Waals surface area contributed by atoms with Crippen LogP contribution in [-0.4, -0.2) is 14.0 Å². The van der Waals surface area contributed by atoms with E-state index in [0.29, 0.717) is 4.90 Å². The molecule has 0 fully saturated rings. The van der Waals surface area contributed by atoms with Gasteiger partial charge in [-0.15, -0.1) is 0 Å². The summed E-state index contributed by atoms with van der Waals surface area (Å²) < 4.78 is 27.3. The highest BCUT2D eigenvalue weighted by atomic mass is 127. The van der Waals surface area contributed by atoms with Gasteiger partial charge < -0.3 is 0 Å². The predicted molar refractivity (Wildman–Crippen MR) is 69.2 cm³/mol. The van der Waals surface area contributed by atoms with E-state index in [1.54, 1.807) is 18.2 Å². The number of halogens is 1. The highest BCUT2D eigenvalue weighted by Gasteiger charge is 2.21. The first-order valence-electron chi connectivity index (χ1n) is 4.50. The van der Waals surface area contributed by atoms with E-state index in [1.807, 2.05) is 26.8 Å². The van der Waals surface area contributed by atoms with Crippen LogP contribution < -0.4 is 4.72 Å². The summed E-state index contributed by atoms with van der Waals surface area (Å²) in [6.07, 6.45) is 0. The first-order chi connectivity index (χ1) is 6.71. The highest BCUT2D eigenvalue weighted by Crippen LogP contribution is 2.15. The van der Waals surface area contributed by atoms with Gasteiger partial charge in [0.2, 0.25) is 10.0 Å². The highest BCUT2D eigenvalue weighted by molar-refractivity contribution is 14.1. The molecule has 0 aliphatic heterocycles. The Morgan fingerprint density at radius 2 is 1.87 bits per heavy atom. The number of rotatable bonds is 2. The molecular formula is C10H14INO2S.